The van der Waals surface area contributed by atoms with Crippen molar-refractivity contribution < 1.29 is 13.2 Å². The maximum absolute atomic E-state index is 12.2. The zero-order valence-corrected chi connectivity index (χ0v) is 17.3. The van der Waals surface area contributed by atoms with Gasteiger partial charge in [-0.05, 0) is 49.9 Å². The number of benzene rings is 2. The second kappa shape index (κ2) is 9.04. The van der Waals surface area contributed by atoms with Crippen LogP contribution in [0.2, 0.25) is 0 Å². The number of nitrogens with zero attached hydrogens (tertiary/aromatic N) is 1. The zero-order chi connectivity index (χ0) is 20.0. The summed E-state index contributed by atoms with van der Waals surface area (Å²) in [6.45, 7) is 6.64. The van der Waals surface area contributed by atoms with Crippen molar-refractivity contribution in [1.82, 2.24) is 5.32 Å². The van der Waals surface area contributed by atoms with Crippen molar-refractivity contribution in [2.45, 2.75) is 40.2 Å². The Morgan fingerprint density at radius 3 is 2.44 bits per heavy atom. The minimum Gasteiger partial charge on any atom is -0.352 e. The molecule has 0 atom stereocenters. The highest BCUT2D eigenvalue weighted by Gasteiger charge is 2.19. The molecule has 0 aromatic heterocycles. The first-order chi connectivity index (χ1) is 12.7. The lowest BCUT2D eigenvalue weighted by Crippen LogP contribution is -2.32. The van der Waals surface area contributed by atoms with Crippen LogP contribution in [0.3, 0.4) is 0 Å². The van der Waals surface area contributed by atoms with Crippen molar-refractivity contribution in [3.8, 4) is 0 Å². The lowest BCUT2D eigenvalue weighted by Gasteiger charge is -2.24. The summed E-state index contributed by atoms with van der Waals surface area (Å²) in [6, 6.07) is 13.6. The molecule has 0 aliphatic carbocycles. The number of aryl methyl sites for hydroxylation is 2. The normalized spacial score (nSPS) is 11.3. The molecule has 0 aliphatic rings. The fourth-order valence-electron chi connectivity index (χ4n) is 2.97. The minimum atomic E-state index is -3.41. The van der Waals surface area contributed by atoms with E-state index in [0.29, 0.717) is 18.7 Å². The van der Waals surface area contributed by atoms with Crippen LogP contribution in [-0.4, -0.2) is 27.1 Å². The molecular formula is C21H28N2O3S. The molecule has 0 bridgehead atoms. The van der Waals surface area contributed by atoms with Crippen molar-refractivity contribution in [3.05, 3.63) is 64.7 Å². The van der Waals surface area contributed by atoms with Crippen LogP contribution in [-0.2, 0) is 21.4 Å². The summed E-state index contributed by atoms with van der Waals surface area (Å²) >= 11 is 0. The largest absolute Gasteiger partial charge is 0.352 e. The van der Waals surface area contributed by atoms with Gasteiger partial charge in [-0.3, -0.25) is 9.10 Å². The molecule has 0 saturated carbocycles. The molecule has 146 valence electrons. The summed E-state index contributed by atoms with van der Waals surface area (Å²) in [6.07, 6.45) is 1.94. The van der Waals surface area contributed by atoms with E-state index in [1.165, 1.54) is 10.6 Å². The highest BCUT2D eigenvalue weighted by molar-refractivity contribution is 7.92. The van der Waals surface area contributed by atoms with Crippen LogP contribution in [0.15, 0.2) is 42.5 Å². The Hall–Kier alpha value is -2.34. The van der Waals surface area contributed by atoms with E-state index >= 15 is 0 Å². The fourth-order valence-corrected chi connectivity index (χ4v) is 3.98. The average Bonchev–Trinajstić information content (AvgIpc) is 2.59. The van der Waals surface area contributed by atoms with E-state index in [-0.39, 0.29) is 18.9 Å². The van der Waals surface area contributed by atoms with Crippen LogP contribution in [0.5, 0.6) is 0 Å². The molecule has 2 aromatic rings. The second-order valence-corrected chi connectivity index (χ2v) is 8.83. The molecule has 27 heavy (non-hydrogen) atoms. The number of hydrogen-bond acceptors (Lipinski definition) is 3. The quantitative estimate of drug-likeness (QED) is 0.753. The van der Waals surface area contributed by atoms with Crippen LogP contribution < -0.4 is 9.62 Å². The lowest BCUT2D eigenvalue weighted by atomic mass is 10.1. The maximum Gasteiger partial charge on any atom is 0.232 e. The molecule has 1 amide bonds. The second-order valence-electron chi connectivity index (χ2n) is 6.92. The van der Waals surface area contributed by atoms with Crippen molar-refractivity contribution in [1.29, 1.82) is 0 Å². The van der Waals surface area contributed by atoms with Crippen molar-refractivity contribution in [2.24, 2.45) is 0 Å². The molecule has 5 nitrogen and oxygen atoms in total. The molecule has 2 rings (SSSR count). The first-order valence-electron chi connectivity index (χ1n) is 9.04. The number of hydrogen-bond donors (Lipinski definition) is 1. The van der Waals surface area contributed by atoms with Gasteiger partial charge in [-0.2, -0.15) is 0 Å². The fraction of sp³-hybridized carbons (Fsp3) is 0.381. The third-order valence-corrected chi connectivity index (χ3v) is 5.76. The summed E-state index contributed by atoms with van der Waals surface area (Å²) in [5.74, 6) is -0.0779. The predicted octanol–water partition coefficient (Wildman–Crippen LogP) is 3.47. The van der Waals surface area contributed by atoms with Gasteiger partial charge < -0.3 is 5.32 Å². The van der Waals surface area contributed by atoms with E-state index in [0.717, 1.165) is 22.3 Å². The summed E-state index contributed by atoms with van der Waals surface area (Å²) < 4.78 is 25.9. The number of amides is 1. The van der Waals surface area contributed by atoms with Gasteiger partial charge in [0.15, 0.2) is 0 Å². The van der Waals surface area contributed by atoms with E-state index in [2.05, 4.69) is 5.32 Å². The standard InChI is InChI=1S/C21H28N2O3S/c1-16-8-5-10-19(14-16)15-22-21(24)12-7-13-23(27(4,25)26)20-11-6-9-17(2)18(20)3/h5-6,8-11,14H,7,12-13,15H2,1-4H3,(H,22,24). The van der Waals surface area contributed by atoms with Gasteiger partial charge in [-0.25, -0.2) is 8.42 Å². The molecule has 0 spiro atoms. The molecule has 0 fully saturated rings. The van der Waals surface area contributed by atoms with E-state index < -0.39 is 10.0 Å². The van der Waals surface area contributed by atoms with Gasteiger partial charge >= 0.3 is 0 Å². The summed E-state index contributed by atoms with van der Waals surface area (Å²) in [7, 11) is -3.41. The molecule has 2 aromatic carbocycles. The van der Waals surface area contributed by atoms with Crippen LogP contribution in [0.25, 0.3) is 0 Å². The molecular weight excluding hydrogens is 360 g/mol. The molecule has 6 heteroatoms. The Kier molecular flexibility index (Phi) is 7.02. The van der Waals surface area contributed by atoms with E-state index in [9.17, 15) is 13.2 Å². The smallest absolute Gasteiger partial charge is 0.232 e. The predicted molar refractivity (Wildman–Crippen MR) is 110 cm³/mol. The summed E-state index contributed by atoms with van der Waals surface area (Å²) in [4.78, 5) is 12.1. The van der Waals surface area contributed by atoms with Crippen LogP contribution in [0.4, 0.5) is 5.69 Å². The minimum absolute atomic E-state index is 0.0779. The third kappa shape index (κ3) is 6.10. The molecule has 0 aliphatic heterocycles. The number of carbonyl (C=O) groups is 1. The SMILES string of the molecule is Cc1cccc(CNC(=O)CCCN(c2cccc(C)c2C)S(C)(=O)=O)c1. The van der Waals surface area contributed by atoms with Gasteiger partial charge in [0.25, 0.3) is 0 Å². The van der Waals surface area contributed by atoms with Crippen molar-refractivity contribution >= 4 is 21.6 Å². The van der Waals surface area contributed by atoms with Gasteiger partial charge in [0.1, 0.15) is 0 Å². The summed E-state index contributed by atoms with van der Waals surface area (Å²) in [5.41, 5.74) is 4.86. The van der Waals surface area contributed by atoms with Gasteiger partial charge in [0.2, 0.25) is 15.9 Å². The van der Waals surface area contributed by atoms with E-state index in [4.69, 9.17) is 0 Å². The van der Waals surface area contributed by atoms with Gasteiger partial charge in [0.05, 0.1) is 11.9 Å². The highest BCUT2D eigenvalue weighted by Crippen LogP contribution is 2.25. The maximum atomic E-state index is 12.2. The van der Waals surface area contributed by atoms with E-state index in [1.807, 2.05) is 57.2 Å². The van der Waals surface area contributed by atoms with Crippen LogP contribution in [0, 0.1) is 20.8 Å². The van der Waals surface area contributed by atoms with Crippen molar-refractivity contribution in [3.63, 3.8) is 0 Å². The third-order valence-electron chi connectivity index (χ3n) is 4.58. The molecule has 0 heterocycles. The first kappa shape index (κ1) is 21.0. The highest BCUT2D eigenvalue weighted by atomic mass is 32.2. The topological polar surface area (TPSA) is 66.5 Å². The number of sulfonamides is 1. The van der Waals surface area contributed by atoms with Gasteiger partial charge in [-0.15, -0.1) is 0 Å². The molecule has 0 unspecified atom stereocenters. The Labute approximate surface area is 162 Å². The molecule has 1 N–H and O–H groups in total. The van der Waals surface area contributed by atoms with Crippen LogP contribution >= 0.6 is 0 Å². The van der Waals surface area contributed by atoms with E-state index in [1.54, 1.807) is 6.07 Å². The van der Waals surface area contributed by atoms with Crippen molar-refractivity contribution in [2.75, 3.05) is 17.1 Å². The lowest BCUT2D eigenvalue weighted by molar-refractivity contribution is -0.121. The number of nitrogens with one attached hydrogen (secondary N) is 1. The number of carbonyl (C=O) groups excluding carboxylic acids is 1. The monoisotopic (exact) mass is 388 g/mol. The van der Waals surface area contributed by atoms with Gasteiger partial charge in [-0.1, -0.05) is 42.0 Å². The Balaban J connectivity index is 1.94. The average molecular weight is 389 g/mol. The first-order valence-corrected chi connectivity index (χ1v) is 10.9. The Morgan fingerprint density at radius 2 is 1.78 bits per heavy atom. The Bertz CT molecular complexity index is 907. The zero-order valence-electron chi connectivity index (χ0n) is 16.5. The summed E-state index contributed by atoms with van der Waals surface area (Å²) in [5, 5.41) is 2.89. The number of rotatable bonds is 8. The van der Waals surface area contributed by atoms with Crippen LogP contribution in [0.1, 0.15) is 35.1 Å². The number of anilines is 1. The van der Waals surface area contributed by atoms with Gasteiger partial charge in [0, 0.05) is 19.5 Å². The molecule has 0 saturated heterocycles. The Morgan fingerprint density at radius 1 is 1.07 bits per heavy atom. The molecule has 0 radical (unpaired) electrons.